The Morgan fingerprint density at radius 1 is 1.54 bits per heavy atom. The van der Waals surface area contributed by atoms with Gasteiger partial charge in [-0.1, -0.05) is 12.1 Å². The molecule has 0 aliphatic carbocycles. The fourth-order valence-electron chi connectivity index (χ4n) is 3.01. The van der Waals surface area contributed by atoms with Gasteiger partial charge in [-0.2, -0.15) is 0 Å². The summed E-state index contributed by atoms with van der Waals surface area (Å²) in [4.78, 5) is 18.7. The van der Waals surface area contributed by atoms with Crippen LogP contribution in [-0.4, -0.2) is 39.6 Å². The number of nitrogens with zero attached hydrogens (tertiary/aromatic N) is 3. The molecule has 0 unspecified atom stereocenters. The summed E-state index contributed by atoms with van der Waals surface area (Å²) in [5.41, 5.74) is 0.777. The fraction of sp³-hybridized carbons (Fsp3) is 0.444. The van der Waals surface area contributed by atoms with Gasteiger partial charge in [-0.25, -0.2) is 9.37 Å². The van der Waals surface area contributed by atoms with Crippen LogP contribution in [0.4, 0.5) is 4.39 Å². The second-order valence-corrected chi connectivity index (χ2v) is 6.17. The molecule has 2 aromatic rings. The van der Waals surface area contributed by atoms with E-state index in [1.807, 2.05) is 13.0 Å². The molecule has 2 atom stereocenters. The van der Waals surface area contributed by atoms with E-state index in [0.29, 0.717) is 13.1 Å². The second kappa shape index (κ2) is 7.57. The van der Waals surface area contributed by atoms with Crippen molar-refractivity contribution in [2.75, 3.05) is 13.2 Å². The minimum atomic E-state index is -0.359. The number of ether oxygens (including phenoxy) is 1. The van der Waals surface area contributed by atoms with E-state index in [0.717, 1.165) is 25.0 Å². The molecule has 1 aliphatic heterocycles. The van der Waals surface area contributed by atoms with Crippen LogP contribution >= 0.6 is 0 Å². The van der Waals surface area contributed by atoms with Crippen molar-refractivity contribution in [1.29, 1.82) is 0 Å². The van der Waals surface area contributed by atoms with Crippen molar-refractivity contribution in [3.8, 4) is 0 Å². The maximum Gasteiger partial charge on any atom is 0.245 e. The lowest BCUT2D eigenvalue weighted by Gasteiger charge is -2.28. The average molecular weight is 331 g/mol. The Kier molecular flexibility index (Phi) is 5.25. The third kappa shape index (κ3) is 4.00. The zero-order valence-corrected chi connectivity index (χ0v) is 13.8. The summed E-state index contributed by atoms with van der Waals surface area (Å²) in [5, 5.41) is 0. The van der Waals surface area contributed by atoms with E-state index >= 15 is 0 Å². The van der Waals surface area contributed by atoms with Crippen molar-refractivity contribution < 1.29 is 13.9 Å². The molecule has 1 aromatic heterocycles. The van der Waals surface area contributed by atoms with Gasteiger partial charge >= 0.3 is 0 Å². The first-order valence-corrected chi connectivity index (χ1v) is 8.26. The average Bonchev–Trinajstić information content (AvgIpc) is 3.26. The van der Waals surface area contributed by atoms with E-state index in [9.17, 15) is 9.18 Å². The largest absolute Gasteiger partial charge is 0.376 e. The second-order valence-electron chi connectivity index (χ2n) is 6.17. The number of carbonyl (C=O) groups is 1. The molecule has 0 radical (unpaired) electrons. The number of imidazole rings is 1. The number of amides is 1. The van der Waals surface area contributed by atoms with Gasteiger partial charge in [0.1, 0.15) is 11.9 Å². The van der Waals surface area contributed by atoms with Gasteiger partial charge in [0.25, 0.3) is 0 Å². The number of carbonyl (C=O) groups excluding carboxylic acids is 1. The molecule has 0 spiro atoms. The Morgan fingerprint density at radius 3 is 3.08 bits per heavy atom. The molecule has 2 heterocycles. The molecule has 6 heteroatoms. The van der Waals surface area contributed by atoms with Gasteiger partial charge in [0.15, 0.2) is 0 Å². The summed E-state index contributed by atoms with van der Waals surface area (Å²) in [6.45, 7) is 3.48. The van der Waals surface area contributed by atoms with Gasteiger partial charge < -0.3 is 14.2 Å². The number of halogens is 1. The minimum absolute atomic E-state index is 0.0206. The van der Waals surface area contributed by atoms with Crippen LogP contribution in [0.15, 0.2) is 43.0 Å². The Morgan fingerprint density at radius 2 is 2.42 bits per heavy atom. The van der Waals surface area contributed by atoms with Gasteiger partial charge in [0, 0.05) is 32.1 Å². The van der Waals surface area contributed by atoms with Crippen molar-refractivity contribution in [2.45, 2.75) is 38.5 Å². The molecule has 1 fully saturated rings. The summed E-state index contributed by atoms with van der Waals surface area (Å²) >= 11 is 0. The van der Waals surface area contributed by atoms with Crippen molar-refractivity contribution in [3.63, 3.8) is 0 Å². The van der Waals surface area contributed by atoms with E-state index in [1.54, 1.807) is 34.3 Å². The van der Waals surface area contributed by atoms with Crippen LogP contribution in [0, 0.1) is 5.82 Å². The van der Waals surface area contributed by atoms with Crippen LogP contribution in [0.2, 0.25) is 0 Å². The lowest BCUT2D eigenvalue weighted by molar-refractivity contribution is -0.136. The third-order valence-electron chi connectivity index (χ3n) is 4.35. The van der Waals surface area contributed by atoms with Gasteiger partial charge in [0.2, 0.25) is 5.91 Å². The van der Waals surface area contributed by atoms with Crippen molar-refractivity contribution in [2.24, 2.45) is 0 Å². The SMILES string of the molecule is C[C@H](C(=O)N(Cc1cccc(F)c1)C[C@@H]1CCCO1)n1ccnc1. The number of aromatic nitrogens is 2. The Balaban J connectivity index is 1.76. The summed E-state index contributed by atoms with van der Waals surface area (Å²) in [6.07, 6.45) is 7.08. The van der Waals surface area contributed by atoms with E-state index in [2.05, 4.69) is 4.98 Å². The molecule has 0 saturated carbocycles. The summed E-state index contributed by atoms with van der Waals surface area (Å²) in [6, 6.07) is 6.02. The molecule has 0 N–H and O–H groups in total. The first-order chi connectivity index (χ1) is 11.6. The normalized spacial score (nSPS) is 18.5. The van der Waals surface area contributed by atoms with Gasteiger partial charge in [-0.3, -0.25) is 4.79 Å². The highest BCUT2D eigenvalue weighted by Crippen LogP contribution is 2.19. The summed E-state index contributed by atoms with van der Waals surface area (Å²) < 4.78 is 20.9. The third-order valence-corrected chi connectivity index (χ3v) is 4.35. The molecule has 1 aliphatic rings. The highest BCUT2D eigenvalue weighted by molar-refractivity contribution is 5.80. The lowest BCUT2D eigenvalue weighted by atomic mass is 10.1. The van der Waals surface area contributed by atoms with Crippen molar-refractivity contribution >= 4 is 5.91 Å². The molecule has 1 saturated heterocycles. The number of hydrogen-bond donors (Lipinski definition) is 0. The zero-order valence-electron chi connectivity index (χ0n) is 13.8. The smallest absolute Gasteiger partial charge is 0.245 e. The minimum Gasteiger partial charge on any atom is -0.376 e. The van der Waals surface area contributed by atoms with Crippen molar-refractivity contribution in [1.82, 2.24) is 14.5 Å². The molecule has 1 amide bonds. The molecule has 5 nitrogen and oxygen atoms in total. The van der Waals surface area contributed by atoms with Crippen molar-refractivity contribution in [3.05, 3.63) is 54.4 Å². The van der Waals surface area contributed by atoms with Gasteiger partial charge in [0.05, 0.1) is 12.4 Å². The maximum absolute atomic E-state index is 13.5. The van der Waals surface area contributed by atoms with E-state index in [-0.39, 0.29) is 23.9 Å². The predicted octanol–water partition coefficient (Wildman–Crippen LogP) is 2.79. The van der Waals surface area contributed by atoms with Crippen LogP contribution < -0.4 is 0 Å². The van der Waals surface area contributed by atoms with Gasteiger partial charge in [-0.05, 0) is 37.5 Å². The van der Waals surface area contributed by atoms with Crippen LogP contribution in [0.25, 0.3) is 0 Å². The standard InChI is InChI=1S/C18H22FN3O2/c1-14(21-8-7-20-13-21)18(23)22(12-17-6-3-9-24-17)11-15-4-2-5-16(19)10-15/h2,4-5,7-8,10,13-14,17H,3,6,9,11-12H2,1H3/t14-,17+/m1/s1. The molecule has 24 heavy (non-hydrogen) atoms. The zero-order chi connectivity index (χ0) is 16.9. The molecule has 3 rings (SSSR count). The van der Waals surface area contributed by atoms with Gasteiger partial charge in [-0.15, -0.1) is 0 Å². The Bertz CT molecular complexity index is 669. The van der Waals surface area contributed by atoms with Crippen LogP contribution in [0.5, 0.6) is 0 Å². The number of rotatable bonds is 6. The number of benzene rings is 1. The Hall–Kier alpha value is -2.21. The quantitative estimate of drug-likeness (QED) is 0.818. The van der Waals surface area contributed by atoms with E-state index < -0.39 is 0 Å². The molecular weight excluding hydrogens is 309 g/mol. The lowest BCUT2D eigenvalue weighted by Crippen LogP contribution is -2.40. The monoisotopic (exact) mass is 331 g/mol. The van der Waals surface area contributed by atoms with Crippen LogP contribution in [0.3, 0.4) is 0 Å². The van der Waals surface area contributed by atoms with Crippen LogP contribution in [-0.2, 0) is 16.1 Å². The first-order valence-electron chi connectivity index (χ1n) is 8.26. The summed E-state index contributed by atoms with van der Waals surface area (Å²) in [5.74, 6) is -0.313. The van der Waals surface area contributed by atoms with E-state index in [4.69, 9.17) is 4.74 Å². The predicted molar refractivity (Wildman–Crippen MR) is 87.7 cm³/mol. The van der Waals surface area contributed by atoms with E-state index in [1.165, 1.54) is 12.1 Å². The molecule has 128 valence electrons. The fourth-order valence-corrected chi connectivity index (χ4v) is 3.01. The number of hydrogen-bond acceptors (Lipinski definition) is 3. The first kappa shape index (κ1) is 16.6. The Labute approximate surface area is 141 Å². The molecule has 1 aromatic carbocycles. The molecular formula is C18H22FN3O2. The topological polar surface area (TPSA) is 47.4 Å². The molecule has 0 bridgehead atoms. The highest BCUT2D eigenvalue weighted by atomic mass is 19.1. The highest BCUT2D eigenvalue weighted by Gasteiger charge is 2.26. The summed E-state index contributed by atoms with van der Waals surface area (Å²) in [7, 11) is 0. The maximum atomic E-state index is 13.5. The van der Waals surface area contributed by atoms with Crippen LogP contribution in [0.1, 0.15) is 31.4 Å².